The van der Waals surface area contributed by atoms with Gasteiger partial charge < -0.3 is 14.8 Å². The number of H-pyrrole nitrogens is 1. The van der Waals surface area contributed by atoms with Gasteiger partial charge in [0.1, 0.15) is 17.3 Å². The topological polar surface area (TPSA) is 72.1 Å². The number of nitrogens with one attached hydrogen (secondary N) is 2. The molecule has 0 fully saturated rings. The summed E-state index contributed by atoms with van der Waals surface area (Å²) < 4.78 is 10.7. The fraction of sp³-hybridized carbons (Fsp3) is 0.222. The number of benzene rings is 2. The molecule has 3 rings (SSSR count). The number of hydrogen-bond acceptors (Lipinski definition) is 5. The Bertz CT molecular complexity index is 829. The molecule has 6 heteroatoms. The van der Waals surface area contributed by atoms with Crippen LogP contribution in [0.25, 0.3) is 11.4 Å². The Morgan fingerprint density at radius 3 is 2.67 bits per heavy atom. The van der Waals surface area contributed by atoms with Crippen LogP contribution in [0.1, 0.15) is 11.4 Å². The van der Waals surface area contributed by atoms with Gasteiger partial charge in [0.05, 0.1) is 14.2 Å². The molecule has 0 saturated carbocycles. The molecule has 1 aromatic heterocycles. The first-order valence-electron chi connectivity index (χ1n) is 7.64. The highest BCUT2D eigenvalue weighted by atomic mass is 16.5. The highest BCUT2D eigenvalue weighted by molar-refractivity contribution is 5.62. The molecule has 0 saturated heterocycles. The van der Waals surface area contributed by atoms with Gasteiger partial charge in [0.25, 0.3) is 0 Å². The lowest BCUT2D eigenvalue weighted by Crippen LogP contribution is -2.02. The summed E-state index contributed by atoms with van der Waals surface area (Å²) in [6.07, 6.45) is 0. The average Bonchev–Trinajstić information content (AvgIpc) is 3.06. The summed E-state index contributed by atoms with van der Waals surface area (Å²) in [6.45, 7) is 2.53. The van der Waals surface area contributed by atoms with Crippen LogP contribution in [0.4, 0.5) is 5.69 Å². The van der Waals surface area contributed by atoms with E-state index in [-0.39, 0.29) is 0 Å². The van der Waals surface area contributed by atoms with Gasteiger partial charge in [0.2, 0.25) is 0 Å². The van der Waals surface area contributed by atoms with Crippen molar-refractivity contribution >= 4 is 5.69 Å². The molecule has 0 aliphatic rings. The van der Waals surface area contributed by atoms with Gasteiger partial charge in [-0.15, -0.1) is 0 Å². The van der Waals surface area contributed by atoms with Gasteiger partial charge in [-0.3, -0.25) is 5.10 Å². The van der Waals surface area contributed by atoms with Crippen molar-refractivity contribution in [2.45, 2.75) is 13.5 Å². The highest BCUT2D eigenvalue weighted by Gasteiger charge is 2.07. The maximum atomic E-state index is 5.43. The van der Waals surface area contributed by atoms with Crippen LogP contribution >= 0.6 is 0 Å². The zero-order chi connectivity index (χ0) is 16.9. The van der Waals surface area contributed by atoms with Crippen molar-refractivity contribution in [2.24, 2.45) is 0 Å². The van der Waals surface area contributed by atoms with Gasteiger partial charge in [-0.05, 0) is 31.2 Å². The minimum absolute atomic E-state index is 0.643. The van der Waals surface area contributed by atoms with E-state index >= 15 is 0 Å². The van der Waals surface area contributed by atoms with E-state index in [2.05, 4.69) is 20.5 Å². The molecule has 3 aromatic rings. The summed E-state index contributed by atoms with van der Waals surface area (Å²) in [5.74, 6) is 3.06. The molecule has 0 bridgehead atoms. The van der Waals surface area contributed by atoms with Crippen LogP contribution in [0, 0.1) is 6.92 Å². The van der Waals surface area contributed by atoms with E-state index in [9.17, 15) is 0 Å². The smallest absolute Gasteiger partial charge is 0.181 e. The van der Waals surface area contributed by atoms with Crippen LogP contribution in [0.2, 0.25) is 0 Å². The van der Waals surface area contributed by atoms with Crippen molar-refractivity contribution in [1.82, 2.24) is 15.2 Å². The van der Waals surface area contributed by atoms with E-state index in [1.807, 2.05) is 49.4 Å². The molecule has 0 spiro atoms. The molecule has 0 amide bonds. The molecule has 124 valence electrons. The largest absolute Gasteiger partial charge is 0.497 e. The van der Waals surface area contributed by atoms with Crippen molar-refractivity contribution in [3.63, 3.8) is 0 Å². The van der Waals surface area contributed by atoms with E-state index < -0.39 is 0 Å². The molecule has 0 aliphatic carbocycles. The van der Waals surface area contributed by atoms with Gasteiger partial charge in [0, 0.05) is 29.4 Å². The summed E-state index contributed by atoms with van der Waals surface area (Å²) >= 11 is 0. The van der Waals surface area contributed by atoms with Crippen LogP contribution < -0.4 is 14.8 Å². The van der Waals surface area contributed by atoms with Crippen LogP contribution in [0.5, 0.6) is 11.5 Å². The number of hydrogen-bond donors (Lipinski definition) is 2. The fourth-order valence-corrected chi connectivity index (χ4v) is 2.44. The second kappa shape index (κ2) is 7.04. The third-order valence-electron chi connectivity index (χ3n) is 3.70. The number of anilines is 1. The zero-order valence-electron chi connectivity index (χ0n) is 14.0. The molecule has 2 aromatic carbocycles. The minimum atomic E-state index is 0.643. The molecule has 1 heterocycles. The quantitative estimate of drug-likeness (QED) is 0.727. The number of ether oxygens (including phenoxy) is 2. The lowest BCUT2D eigenvalue weighted by molar-refractivity contribution is 0.391. The van der Waals surface area contributed by atoms with Crippen molar-refractivity contribution < 1.29 is 9.47 Å². The molecule has 0 radical (unpaired) electrons. The van der Waals surface area contributed by atoms with E-state index in [1.54, 1.807) is 14.2 Å². The minimum Gasteiger partial charge on any atom is -0.497 e. The Morgan fingerprint density at radius 1 is 1.08 bits per heavy atom. The first-order valence-corrected chi connectivity index (χ1v) is 7.64. The average molecular weight is 324 g/mol. The van der Waals surface area contributed by atoms with Crippen LogP contribution in [-0.4, -0.2) is 29.4 Å². The molecule has 6 nitrogen and oxygen atoms in total. The van der Waals surface area contributed by atoms with E-state index in [0.29, 0.717) is 12.4 Å². The SMILES string of the molecule is COc1ccc(CNc2cccc(-c3n[nH]c(C)n3)c2)c(OC)c1. The number of methoxy groups -OCH3 is 2. The van der Waals surface area contributed by atoms with Gasteiger partial charge >= 0.3 is 0 Å². The molecule has 0 atom stereocenters. The number of aromatic nitrogens is 3. The second-order valence-corrected chi connectivity index (χ2v) is 5.36. The monoisotopic (exact) mass is 324 g/mol. The van der Waals surface area contributed by atoms with Crippen LogP contribution in [0.3, 0.4) is 0 Å². The molecule has 0 aliphatic heterocycles. The van der Waals surface area contributed by atoms with Gasteiger partial charge in [-0.25, -0.2) is 4.98 Å². The molecular weight excluding hydrogens is 304 g/mol. The second-order valence-electron chi connectivity index (χ2n) is 5.36. The molecule has 0 unspecified atom stereocenters. The van der Waals surface area contributed by atoms with Crippen molar-refractivity contribution in [2.75, 3.05) is 19.5 Å². The van der Waals surface area contributed by atoms with Crippen molar-refractivity contribution in [3.05, 3.63) is 53.9 Å². The third kappa shape index (κ3) is 3.48. The lowest BCUT2D eigenvalue weighted by atomic mass is 10.1. The standard InChI is InChI=1S/C18H20N4O2/c1-12-20-18(22-21-12)13-5-4-6-15(9-13)19-11-14-7-8-16(23-2)10-17(14)24-3/h4-10,19H,11H2,1-3H3,(H,20,21,22). The van der Waals surface area contributed by atoms with E-state index in [4.69, 9.17) is 9.47 Å². The van der Waals surface area contributed by atoms with Gasteiger partial charge in [-0.2, -0.15) is 5.10 Å². The van der Waals surface area contributed by atoms with E-state index in [1.165, 1.54) is 0 Å². The Kier molecular flexibility index (Phi) is 4.65. The summed E-state index contributed by atoms with van der Waals surface area (Å²) in [6, 6.07) is 13.8. The Morgan fingerprint density at radius 2 is 1.96 bits per heavy atom. The maximum Gasteiger partial charge on any atom is 0.181 e. The number of rotatable bonds is 6. The lowest BCUT2D eigenvalue weighted by Gasteiger charge is -2.12. The van der Waals surface area contributed by atoms with Gasteiger partial charge in [-0.1, -0.05) is 12.1 Å². The molecular formula is C18H20N4O2. The number of aromatic amines is 1. The van der Waals surface area contributed by atoms with Crippen LogP contribution in [0.15, 0.2) is 42.5 Å². The Labute approximate surface area is 140 Å². The van der Waals surface area contributed by atoms with Gasteiger partial charge in [0.15, 0.2) is 5.82 Å². The first kappa shape index (κ1) is 15.9. The highest BCUT2D eigenvalue weighted by Crippen LogP contribution is 2.26. The summed E-state index contributed by atoms with van der Waals surface area (Å²) in [4.78, 5) is 4.36. The fourth-order valence-electron chi connectivity index (χ4n) is 2.44. The van der Waals surface area contributed by atoms with Crippen molar-refractivity contribution in [3.8, 4) is 22.9 Å². The summed E-state index contributed by atoms with van der Waals surface area (Å²) in [5.41, 5.74) is 3.01. The predicted octanol–water partition coefficient (Wildman–Crippen LogP) is 3.41. The summed E-state index contributed by atoms with van der Waals surface area (Å²) in [5, 5.41) is 10.5. The first-order chi connectivity index (χ1) is 11.7. The van der Waals surface area contributed by atoms with Crippen LogP contribution in [-0.2, 0) is 6.54 Å². The maximum absolute atomic E-state index is 5.43. The Balaban J connectivity index is 1.75. The zero-order valence-corrected chi connectivity index (χ0v) is 14.0. The summed E-state index contributed by atoms with van der Waals surface area (Å²) in [7, 11) is 3.30. The molecule has 24 heavy (non-hydrogen) atoms. The van der Waals surface area contributed by atoms with E-state index in [0.717, 1.165) is 34.1 Å². The number of nitrogens with zero attached hydrogens (tertiary/aromatic N) is 2. The normalized spacial score (nSPS) is 10.5. The van der Waals surface area contributed by atoms with Crippen molar-refractivity contribution in [1.29, 1.82) is 0 Å². The third-order valence-corrected chi connectivity index (χ3v) is 3.70. The Hall–Kier alpha value is -3.02. The number of aryl methyl sites for hydroxylation is 1. The predicted molar refractivity (Wildman–Crippen MR) is 93.4 cm³/mol. The molecule has 2 N–H and O–H groups in total.